The Morgan fingerprint density at radius 3 is 2.77 bits per heavy atom. The summed E-state index contributed by atoms with van der Waals surface area (Å²) >= 11 is 0. The molecule has 2 fully saturated rings. The fourth-order valence-electron chi connectivity index (χ4n) is 1.83. The molecule has 0 aliphatic carbocycles. The molecule has 0 aromatic rings. The molecule has 13 heavy (non-hydrogen) atoms. The summed E-state index contributed by atoms with van der Waals surface area (Å²) in [5.41, 5.74) is -0.723. The van der Waals surface area contributed by atoms with E-state index in [-0.39, 0.29) is 38.8 Å². The summed E-state index contributed by atoms with van der Waals surface area (Å²) in [4.78, 5) is 0. The van der Waals surface area contributed by atoms with Crippen molar-refractivity contribution >= 4 is 7.85 Å². The largest absolute Gasteiger partial charge is 0.387 e. The van der Waals surface area contributed by atoms with E-state index in [2.05, 4.69) is 0 Å². The molecule has 2 aliphatic rings. The summed E-state index contributed by atoms with van der Waals surface area (Å²) in [7, 11) is 7.12. The van der Waals surface area contributed by atoms with Crippen LogP contribution in [0.15, 0.2) is 0 Å². The third kappa shape index (κ3) is 1.75. The van der Waals surface area contributed by atoms with Gasteiger partial charge in [0.1, 0.15) is 25.7 Å². The predicted octanol–water partition coefficient (Wildman–Crippen LogP) is -1.35. The second kappa shape index (κ2) is 4.25. The molecule has 2 heterocycles. The van der Waals surface area contributed by atoms with Crippen molar-refractivity contribution in [3.8, 4) is 0 Å². The molecule has 2 rings (SSSR count). The zero-order chi connectivity index (χ0) is 8.77. The molecule has 6 heteroatoms. The fourth-order valence-corrected chi connectivity index (χ4v) is 1.83. The zero-order valence-corrected chi connectivity index (χ0v) is 10.3. The molecule has 0 aromatic carbocycles. The van der Waals surface area contributed by atoms with Gasteiger partial charge in [0.2, 0.25) is 0 Å². The third-order valence-corrected chi connectivity index (χ3v) is 2.45. The number of ether oxygens (including phenoxy) is 3. The Labute approximate surface area is 104 Å². The summed E-state index contributed by atoms with van der Waals surface area (Å²) in [6, 6.07) is -0.524. The van der Waals surface area contributed by atoms with Crippen LogP contribution < -0.4 is 0 Å². The van der Waals surface area contributed by atoms with E-state index < -0.39 is 17.7 Å². The van der Waals surface area contributed by atoms with Gasteiger partial charge in [-0.1, -0.05) is 0 Å². The van der Waals surface area contributed by atoms with Crippen molar-refractivity contribution in [3.05, 3.63) is 0 Å². The summed E-state index contributed by atoms with van der Waals surface area (Å²) < 4.78 is 15.6. The van der Waals surface area contributed by atoms with E-state index in [0.717, 1.165) is 0 Å². The quantitative estimate of drug-likeness (QED) is 0.623. The Hall–Kier alpha value is 1.01. The van der Waals surface area contributed by atoms with Crippen molar-refractivity contribution < 1.29 is 52.0 Å². The Morgan fingerprint density at radius 2 is 2.38 bits per heavy atom. The molecule has 2 saturated heterocycles. The Morgan fingerprint density at radius 1 is 1.69 bits per heavy atom. The van der Waals surface area contributed by atoms with Crippen LogP contribution in [0.3, 0.4) is 0 Å². The zero-order valence-electron chi connectivity index (χ0n) is 7.47. The second-order valence-corrected chi connectivity index (χ2v) is 3.30. The second-order valence-electron chi connectivity index (χ2n) is 3.30. The minimum absolute atomic E-state index is 0. The molecular weight excluding hydrogens is 248 g/mol. The van der Waals surface area contributed by atoms with Gasteiger partial charge in [0.15, 0.2) is 0 Å². The third-order valence-electron chi connectivity index (χ3n) is 2.45. The summed E-state index contributed by atoms with van der Waals surface area (Å²) in [5, 5.41) is 9.67. The van der Waals surface area contributed by atoms with Crippen LogP contribution in [0.4, 0.5) is 0 Å². The molecule has 4 atom stereocenters. The molecule has 2 aliphatic heterocycles. The minimum Gasteiger partial charge on any atom is -0.387 e. The number of fused-ring (bicyclic) bond motifs is 2. The molecule has 69 valence electrons. The van der Waals surface area contributed by atoms with Crippen LogP contribution in [0.25, 0.3) is 0 Å². The summed E-state index contributed by atoms with van der Waals surface area (Å²) in [6.45, 7) is 0.679. The van der Waals surface area contributed by atoms with E-state index in [1.54, 1.807) is 7.11 Å². The van der Waals surface area contributed by atoms with Gasteiger partial charge in [0, 0.05) is 45.8 Å². The fraction of sp³-hybridized carbons (Fsp3) is 1.00. The average molecular weight is 259 g/mol. The van der Waals surface area contributed by atoms with Crippen molar-refractivity contribution in [2.75, 3.05) is 20.3 Å². The van der Waals surface area contributed by atoms with Crippen molar-refractivity contribution in [2.24, 2.45) is 0 Å². The predicted molar refractivity (Wildman–Crippen MR) is 41.0 cm³/mol. The van der Waals surface area contributed by atoms with Crippen molar-refractivity contribution in [1.82, 2.24) is 0 Å². The van der Waals surface area contributed by atoms with Crippen LogP contribution >= 0.6 is 0 Å². The van der Waals surface area contributed by atoms with Gasteiger partial charge in [-0.05, 0) is 0 Å². The van der Waals surface area contributed by atoms with Gasteiger partial charge in [0.05, 0.1) is 13.2 Å². The SMILES string of the molecule is [B]C1OC2(COC)COC1C2O.[Y]. The molecule has 0 aromatic heterocycles. The molecule has 3 radical (unpaired) electrons. The number of hydrogen-bond donors (Lipinski definition) is 1. The Balaban J connectivity index is 0.000000845. The van der Waals surface area contributed by atoms with Crippen LogP contribution in [0.5, 0.6) is 0 Å². The molecule has 4 nitrogen and oxygen atoms in total. The van der Waals surface area contributed by atoms with Gasteiger partial charge < -0.3 is 19.3 Å². The van der Waals surface area contributed by atoms with Crippen molar-refractivity contribution in [3.63, 3.8) is 0 Å². The van der Waals surface area contributed by atoms with Gasteiger partial charge in [-0.25, -0.2) is 0 Å². The standard InChI is InChI=1S/C7H11BO4.Y/c1-10-2-7-3-11-4(5(7)9)6(8)12-7;/h4-6,9H,2-3H2,1H3;. The maximum Gasteiger partial charge on any atom is 0.142 e. The first-order valence-electron chi connectivity index (χ1n) is 3.92. The van der Waals surface area contributed by atoms with E-state index in [4.69, 9.17) is 22.1 Å². The van der Waals surface area contributed by atoms with Gasteiger partial charge >= 0.3 is 0 Å². The van der Waals surface area contributed by atoms with E-state index in [9.17, 15) is 5.11 Å². The van der Waals surface area contributed by atoms with Gasteiger partial charge in [-0.3, -0.25) is 0 Å². The number of aliphatic hydroxyl groups is 1. The maximum atomic E-state index is 9.67. The van der Waals surface area contributed by atoms with Crippen LogP contribution in [-0.2, 0) is 46.9 Å². The van der Waals surface area contributed by atoms with Gasteiger partial charge in [-0.2, -0.15) is 0 Å². The van der Waals surface area contributed by atoms with E-state index >= 15 is 0 Å². The molecule has 0 amide bonds. The number of methoxy groups -OCH3 is 1. The maximum absolute atomic E-state index is 9.67. The van der Waals surface area contributed by atoms with Gasteiger partial charge in [0.25, 0.3) is 0 Å². The molecule has 2 bridgehead atoms. The number of hydrogen-bond acceptors (Lipinski definition) is 4. The number of rotatable bonds is 2. The van der Waals surface area contributed by atoms with E-state index in [0.29, 0.717) is 13.2 Å². The monoisotopic (exact) mass is 259 g/mol. The van der Waals surface area contributed by atoms with Gasteiger partial charge in [-0.15, -0.1) is 0 Å². The summed E-state index contributed by atoms with van der Waals surface area (Å²) in [5.74, 6) is 0. The molecule has 4 unspecified atom stereocenters. The smallest absolute Gasteiger partial charge is 0.142 e. The topological polar surface area (TPSA) is 47.9 Å². The van der Waals surface area contributed by atoms with Crippen molar-refractivity contribution in [2.45, 2.75) is 23.8 Å². The first-order chi connectivity index (χ1) is 5.69. The van der Waals surface area contributed by atoms with Crippen LogP contribution in [0, 0.1) is 0 Å². The Bertz CT molecular complexity index is 193. The first-order valence-corrected chi connectivity index (χ1v) is 3.92. The minimum atomic E-state index is -0.723. The first kappa shape index (κ1) is 12.1. The molecule has 0 spiro atoms. The summed E-state index contributed by atoms with van der Waals surface area (Å²) in [6.07, 6.45) is -1.05. The normalized spacial score (nSPS) is 47.7. The van der Waals surface area contributed by atoms with Crippen molar-refractivity contribution in [1.29, 1.82) is 0 Å². The van der Waals surface area contributed by atoms with Crippen LogP contribution in [0.1, 0.15) is 0 Å². The van der Waals surface area contributed by atoms with Crippen LogP contribution in [0.2, 0.25) is 0 Å². The Kier molecular flexibility index (Phi) is 3.95. The van der Waals surface area contributed by atoms with E-state index in [1.807, 2.05) is 0 Å². The average Bonchev–Trinajstić information content (AvgIpc) is 2.41. The van der Waals surface area contributed by atoms with Crippen LogP contribution in [-0.4, -0.2) is 57.1 Å². The molecule has 1 N–H and O–H groups in total. The molecular formula is C7H11BO4Y. The number of aliphatic hydroxyl groups excluding tert-OH is 1. The molecule has 0 saturated carbocycles. The van der Waals surface area contributed by atoms with E-state index in [1.165, 1.54) is 0 Å².